The second-order valence-electron chi connectivity index (χ2n) is 6.13. The molecule has 3 rings (SSSR count). The summed E-state index contributed by atoms with van der Waals surface area (Å²) in [7, 11) is 0. The third-order valence-electron chi connectivity index (χ3n) is 3.93. The van der Waals surface area contributed by atoms with Crippen LogP contribution in [0.2, 0.25) is 5.02 Å². The van der Waals surface area contributed by atoms with Gasteiger partial charge in [-0.1, -0.05) is 41.9 Å². The van der Waals surface area contributed by atoms with Crippen LogP contribution in [0, 0.1) is 6.92 Å². The van der Waals surface area contributed by atoms with Gasteiger partial charge in [0.2, 0.25) is 0 Å². The number of rotatable bonds is 6. The lowest BCUT2D eigenvalue weighted by atomic mass is 10.2. The Bertz CT molecular complexity index is 1010. The minimum atomic E-state index is -0.306. The van der Waals surface area contributed by atoms with Crippen LogP contribution in [-0.4, -0.2) is 17.1 Å². The number of aryl methyl sites for hydroxylation is 1. The lowest BCUT2D eigenvalue weighted by molar-refractivity contribution is -0.118. The molecule has 0 saturated carbocycles. The van der Waals surface area contributed by atoms with E-state index in [0.29, 0.717) is 23.0 Å². The van der Waals surface area contributed by atoms with Crippen molar-refractivity contribution in [1.82, 2.24) is 4.57 Å². The number of pyridine rings is 1. The minimum absolute atomic E-state index is 0.118. The average molecular weight is 383 g/mol. The second-order valence-corrected chi connectivity index (χ2v) is 6.54. The van der Waals surface area contributed by atoms with Crippen LogP contribution in [0.1, 0.15) is 11.1 Å². The van der Waals surface area contributed by atoms with Crippen LogP contribution in [0.25, 0.3) is 0 Å². The lowest BCUT2D eigenvalue weighted by Gasteiger charge is -2.11. The maximum Gasteiger partial charge on any atom is 0.262 e. The van der Waals surface area contributed by atoms with Crippen LogP contribution in [0.5, 0.6) is 5.75 Å². The van der Waals surface area contributed by atoms with Gasteiger partial charge in [-0.2, -0.15) is 0 Å². The van der Waals surface area contributed by atoms with Gasteiger partial charge in [0, 0.05) is 17.3 Å². The number of ether oxygens (including phenoxy) is 1. The molecule has 1 N–H and O–H groups in total. The van der Waals surface area contributed by atoms with E-state index in [1.54, 1.807) is 24.4 Å². The van der Waals surface area contributed by atoms with Gasteiger partial charge in [0.1, 0.15) is 5.75 Å². The summed E-state index contributed by atoms with van der Waals surface area (Å²) >= 11 is 6.16. The molecular weight excluding hydrogens is 364 g/mol. The Balaban J connectivity index is 1.66. The van der Waals surface area contributed by atoms with Gasteiger partial charge in [0.25, 0.3) is 11.5 Å². The number of nitrogens with zero attached hydrogens (tertiary/aromatic N) is 1. The summed E-state index contributed by atoms with van der Waals surface area (Å²) in [6.07, 6.45) is 1.59. The van der Waals surface area contributed by atoms with Crippen molar-refractivity contribution >= 4 is 23.2 Å². The summed E-state index contributed by atoms with van der Waals surface area (Å²) < 4.78 is 6.99. The van der Waals surface area contributed by atoms with Gasteiger partial charge in [0.05, 0.1) is 12.2 Å². The fourth-order valence-corrected chi connectivity index (χ4v) is 2.79. The third-order valence-corrected chi connectivity index (χ3v) is 4.29. The van der Waals surface area contributed by atoms with Crippen molar-refractivity contribution in [3.05, 3.63) is 93.4 Å². The zero-order valence-electron chi connectivity index (χ0n) is 14.8. The number of aromatic nitrogens is 1. The normalized spacial score (nSPS) is 10.4. The fourth-order valence-electron chi connectivity index (χ4n) is 2.59. The largest absolute Gasteiger partial charge is 0.484 e. The fraction of sp³-hybridized carbons (Fsp3) is 0.143. The van der Waals surface area contributed by atoms with Crippen LogP contribution in [-0.2, 0) is 11.3 Å². The third kappa shape index (κ3) is 5.21. The van der Waals surface area contributed by atoms with Crippen LogP contribution in [0.15, 0.2) is 71.7 Å². The predicted molar refractivity (Wildman–Crippen MR) is 107 cm³/mol. The van der Waals surface area contributed by atoms with E-state index >= 15 is 0 Å². The van der Waals surface area contributed by atoms with Crippen LogP contribution >= 0.6 is 11.6 Å². The minimum Gasteiger partial charge on any atom is -0.484 e. The molecular formula is C21H19ClN2O3. The Morgan fingerprint density at radius 1 is 1.11 bits per heavy atom. The second kappa shape index (κ2) is 8.56. The Hall–Kier alpha value is -3.05. The molecule has 0 aliphatic carbocycles. The number of carbonyl (C=O) groups is 1. The number of nitrogens with one attached hydrogen (secondary N) is 1. The van der Waals surface area contributed by atoms with E-state index in [9.17, 15) is 9.59 Å². The van der Waals surface area contributed by atoms with Gasteiger partial charge in [-0.15, -0.1) is 0 Å². The quantitative estimate of drug-likeness (QED) is 0.703. The Morgan fingerprint density at radius 2 is 1.93 bits per heavy atom. The van der Waals surface area contributed by atoms with Crippen molar-refractivity contribution in [3.63, 3.8) is 0 Å². The molecule has 1 amide bonds. The van der Waals surface area contributed by atoms with E-state index in [0.717, 1.165) is 11.1 Å². The molecule has 1 heterocycles. The first-order valence-electron chi connectivity index (χ1n) is 8.44. The van der Waals surface area contributed by atoms with Crippen molar-refractivity contribution in [3.8, 4) is 5.75 Å². The monoisotopic (exact) mass is 382 g/mol. The summed E-state index contributed by atoms with van der Waals surface area (Å²) in [5.41, 5.74) is 2.22. The Morgan fingerprint density at radius 3 is 2.70 bits per heavy atom. The summed E-state index contributed by atoms with van der Waals surface area (Å²) in [6.45, 7) is 2.16. The van der Waals surface area contributed by atoms with Crippen molar-refractivity contribution in [2.24, 2.45) is 0 Å². The number of halogens is 1. The van der Waals surface area contributed by atoms with Gasteiger partial charge >= 0.3 is 0 Å². The summed E-state index contributed by atoms with van der Waals surface area (Å²) in [6, 6.07) is 17.8. The summed E-state index contributed by atoms with van der Waals surface area (Å²) in [5, 5.41) is 3.33. The predicted octanol–water partition coefficient (Wildman–Crippen LogP) is 3.88. The average Bonchev–Trinajstić information content (AvgIpc) is 2.65. The van der Waals surface area contributed by atoms with Gasteiger partial charge in [0.15, 0.2) is 6.61 Å². The first-order chi connectivity index (χ1) is 13.0. The molecule has 0 radical (unpaired) electrons. The molecule has 0 aliphatic heterocycles. The van der Waals surface area contributed by atoms with E-state index in [-0.39, 0.29) is 18.1 Å². The first-order valence-corrected chi connectivity index (χ1v) is 8.82. The highest BCUT2D eigenvalue weighted by molar-refractivity contribution is 6.31. The van der Waals surface area contributed by atoms with E-state index in [1.165, 1.54) is 10.6 Å². The highest BCUT2D eigenvalue weighted by Gasteiger charge is 2.07. The smallest absolute Gasteiger partial charge is 0.262 e. The number of benzene rings is 2. The van der Waals surface area contributed by atoms with Crippen molar-refractivity contribution in [1.29, 1.82) is 0 Å². The molecule has 0 saturated heterocycles. The molecule has 3 aromatic rings. The molecule has 0 aliphatic rings. The molecule has 2 aromatic carbocycles. The van der Waals surface area contributed by atoms with Crippen molar-refractivity contribution < 1.29 is 9.53 Å². The summed E-state index contributed by atoms with van der Waals surface area (Å²) in [4.78, 5) is 24.2. The Labute approximate surface area is 162 Å². The van der Waals surface area contributed by atoms with E-state index < -0.39 is 0 Å². The SMILES string of the molecule is Cc1cccc(OCC(=O)Nc2ccc(=O)n(Cc3ccccc3Cl)c2)c1. The van der Waals surface area contributed by atoms with E-state index in [1.807, 2.05) is 43.3 Å². The highest BCUT2D eigenvalue weighted by atomic mass is 35.5. The maximum atomic E-state index is 12.1. The molecule has 5 nitrogen and oxygen atoms in total. The molecule has 0 atom stereocenters. The van der Waals surface area contributed by atoms with Crippen LogP contribution in [0.4, 0.5) is 5.69 Å². The Kier molecular flexibility index (Phi) is 5.94. The molecule has 1 aromatic heterocycles. The number of hydrogen-bond donors (Lipinski definition) is 1. The van der Waals surface area contributed by atoms with Crippen LogP contribution in [0.3, 0.4) is 0 Å². The van der Waals surface area contributed by atoms with Gasteiger partial charge in [-0.25, -0.2) is 0 Å². The van der Waals surface area contributed by atoms with Gasteiger partial charge in [-0.3, -0.25) is 9.59 Å². The molecule has 0 spiro atoms. The van der Waals surface area contributed by atoms with Crippen molar-refractivity contribution in [2.75, 3.05) is 11.9 Å². The topological polar surface area (TPSA) is 60.3 Å². The van der Waals surface area contributed by atoms with Gasteiger partial charge in [-0.05, 0) is 42.3 Å². The van der Waals surface area contributed by atoms with Crippen LogP contribution < -0.4 is 15.6 Å². The number of hydrogen-bond acceptors (Lipinski definition) is 3. The first kappa shape index (κ1) is 18.7. The number of anilines is 1. The number of amides is 1. The highest BCUT2D eigenvalue weighted by Crippen LogP contribution is 2.16. The molecule has 27 heavy (non-hydrogen) atoms. The molecule has 0 fully saturated rings. The summed E-state index contributed by atoms with van der Waals surface area (Å²) in [5.74, 6) is 0.327. The van der Waals surface area contributed by atoms with E-state index in [4.69, 9.17) is 16.3 Å². The van der Waals surface area contributed by atoms with Crippen molar-refractivity contribution in [2.45, 2.75) is 13.5 Å². The molecule has 0 bridgehead atoms. The zero-order chi connectivity index (χ0) is 19.2. The standard InChI is InChI=1S/C21H19ClN2O3/c1-15-5-4-7-18(11-15)27-14-20(25)23-17-9-10-21(26)24(13-17)12-16-6-2-3-8-19(16)22/h2-11,13H,12,14H2,1H3,(H,23,25). The molecule has 0 unspecified atom stereocenters. The molecule has 6 heteroatoms. The zero-order valence-corrected chi connectivity index (χ0v) is 15.6. The maximum absolute atomic E-state index is 12.1. The molecule has 138 valence electrons. The van der Waals surface area contributed by atoms with E-state index in [2.05, 4.69) is 5.32 Å². The van der Waals surface area contributed by atoms with Gasteiger partial charge < -0.3 is 14.6 Å². The number of carbonyl (C=O) groups excluding carboxylic acids is 1. The lowest BCUT2D eigenvalue weighted by Crippen LogP contribution is -2.23.